The predicted molar refractivity (Wildman–Crippen MR) is 133 cm³/mol. The lowest BCUT2D eigenvalue weighted by atomic mass is 9.68. The molecule has 5 heterocycles. The smallest absolute Gasteiger partial charge is 0.259 e. The van der Waals surface area contributed by atoms with Crippen molar-refractivity contribution in [3.05, 3.63) is 45.8 Å². The second-order valence-electron chi connectivity index (χ2n) is 10.9. The first kappa shape index (κ1) is 21.5. The van der Waals surface area contributed by atoms with Gasteiger partial charge in [0.1, 0.15) is 5.56 Å². The highest BCUT2D eigenvalue weighted by Crippen LogP contribution is 2.45. The summed E-state index contributed by atoms with van der Waals surface area (Å²) in [7, 11) is 0. The molecule has 1 amide bonds. The summed E-state index contributed by atoms with van der Waals surface area (Å²) < 4.78 is 13.1. The van der Waals surface area contributed by atoms with Crippen molar-refractivity contribution in [3.63, 3.8) is 0 Å². The molecule has 1 aliphatic carbocycles. The van der Waals surface area contributed by atoms with Crippen molar-refractivity contribution in [3.8, 4) is 11.5 Å². The number of pyridine rings is 1. The average Bonchev–Trinajstić information content (AvgIpc) is 3.35. The van der Waals surface area contributed by atoms with E-state index >= 15 is 0 Å². The van der Waals surface area contributed by atoms with Gasteiger partial charge in [-0.2, -0.15) is 0 Å². The van der Waals surface area contributed by atoms with Crippen molar-refractivity contribution in [1.29, 1.82) is 0 Å². The van der Waals surface area contributed by atoms with E-state index in [4.69, 9.17) is 9.47 Å². The van der Waals surface area contributed by atoms with Gasteiger partial charge in [-0.05, 0) is 63.5 Å². The number of carbonyl (C=O) groups is 1. The van der Waals surface area contributed by atoms with Gasteiger partial charge in [-0.3, -0.25) is 14.5 Å². The van der Waals surface area contributed by atoms with E-state index in [0.717, 1.165) is 31.4 Å². The number of amides is 1. The summed E-state index contributed by atoms with van der Waals surface area (Å²) in [5, 5.41) is 0.521. The van der Waals surface area contributed by atoms with Gasteiger partial charge in [0.25, 0.3) is 5.91 Å². The lowest BCUT2D eigenvalue weighted by Crippen LogP contribution is -2.60. The minimum atomic E-state index is -0.211. The number of carbonyl (C=O) groups excluding carboxylic acids is 1. The minimum absolute atomic E-state index is 0.119. The summed E-state index contributed by atoms with van der Waals surface area (Å²) in [6.45, 7) is 5.82. The van der Waals surface area contributed by atoms with Crippen LogP contribution in [0.1, 0.15) is 55.8 Å². The van der Waals surface area contributed by atoms with E-state index in [-0.39, 0.29) is 29.7 Å². The van der Waals surface area contributed by atoms with E-state index in [1.165, 1.54) is 37.8 Å². The van der Waals surface area contributed by atoms with Crippen LogP contribution in [0.4, 0.5) is 0 Å². The third kappa shape index (κ3) is 3.27. The summed E-state index contributed by atoms with van der Waals surface area (Å²) in [6.07, 6.45) is 11.4. The van der Waals surface area contributed by atoms with Crippen molar-refractivity contribution in [2.75, 3.05) is 26.4 Å². The molecular weight excluding hydrogens is 442 g/mol. The fourth-order valence-electron chi connectivity index (χ4n) is 7.55. The van der Waals surface area contributed by atoms with Gasteiger partial charge in [0.05, 0.1) is 16.9 Å². The van der Waals surface area contributed by atoms with Gasteiger partial charge in [-0.15, -0.1) is 0 Å². The highest BCUT2D eigenvalue weighted by atomic mass is 16.7. The Balaban J connectivity index is 1.28. The van der Waals surface area contributed by atoms with Crippen molar-refractivity contribution in [1.82, 2.24) is 14.4 Å². The number of likely N-dealkylation sites (tertiary alicyclic amines) is 1. The zero-order valence-corrected chi connectivity index (χ0v) is 20.4. The quantitative estimate of drug-likeness (QED) is 0.619. The second-order valence-corrected chi connectivity index (χ2v) is 10.9. The van der Waals surface area contributed by atoms with Gasteiger partial charge in [-0.1, -0.05) is 18.1 Å². The molecule has 3 saturated heterocycles. The van der Waals surface area contributed by atoms with E-state index < -0.39 is 0 Å². The van der Waals surface area contributed by atoms with E-state index in [0.29, 0.717) is 41.3 Å². The number of hydrogen-bond donors (Lipinski definition) is 0. The Morgan fingerprint density at radius 1 is 1.11 bits per heavy atom. The molecule has 1 aromatic carbocycles. The van der Waals surface area contributed by atoms with Crippen molar-refractivity contribution in [2.24, 2.45) is 11.8 Å². The van der Waals surface area contributed by atoms with Crippen LogP contribution in [-0.4, -0.2) is 58.8 Å². The van der Waals surface area contributed by atoms with Crippen LogP contribution in [0.2, 0.25) is 0 Å². The number of aryl methyl sites for hydroxylation is 1. The number of hydrogen-bond acceptors (Lipinski definition) is 5. The first-order valence-corrected chi connectivity index (χ1v) is 13.3. The van der Waals surface area contributed by atoms with Crippen LogP contribution in [0, 0.1) is 11.8 Å². The Bertz CT molecular complexity index is 1300. The van der Waals surface area contributed by atoms with Gasteiger partial charge >= 0.3 is 0 Å². The summed E-state index contributed by atoms with van der Waals surface area (Å²) in [6, 6.07) is 4.41. The molecule has 35 heavy (non-hydrogen) atoms. The molecule has 5 aliphatic rings. The molecule has 7 rings (SSSR count). The third-order valence-corrected chi connectivity index (χ3v) is 9.06. The van der Waals surface area contributed by atoms with Gasteiger partial charge in [0, 0.05) is 37.9 Å². The molecule has 7 heteroatoms. The van der Waals surface area contributed by atoms with E-state index in [1.807, 2.05) is 22.5 Å². The topological polar surface area (TPSA) is 64.0 Å². The summed E-state index contributed by atoms with van der Waals surface area (Å²) in [5.74, 6) is 2.18. The van der Waals surface area contributed by atoms with Crippen LogP contribution in [0.25, 0.3) is 10.9 Å². The van der Waals surface area contributed by atoms with Crippen LogP contribution >= 0.6 is 0 Å². The van der Waals surface area contributed by atoms with Gasteiger partial charge in [-0.25, -0.2) is 0 Å². The third-order valence-electron chi connectivity index (χ3n) is 9.06. The predicted octanol–water partition coefficient (Wildman–Crippen LogP) is 3.79. The van der Waals surface area contributed by atoms with Gasteiger partial charge in [0.2, 0.25) is 12.2 Å². The number of piperidine rings is 3. The molecule has 0 spiro atoms. The number of benzene rings is 1. The lowest BCUT2D eigenvalue weighted by molar-refractivity contribution is 0.00142. The molecule has 2 bridgehead atoms. The molecule has 184 valence electrons. The highest BCUT2D eigenvalue weighted by Gasteiger charge is 2.47. The molecule has 4 aliphatic heterocycles. The molecule has 2 aromatic rings. The Hall–Kier alpha value is -2.80. The summed E-state index contributed by atoms with van der Waals surface area (Å²) in [4.78, 5) is 32.5. The largest absolute Gasteiger partial charge is 0.454 e. The molecule has 1 aromatic heterocycles. The Morgan fingerprint density at radius 3 is 2.83 bits per heavy atom. The SMILES string of the molecule is CCn1cc(C(=O)N2CCCC3=C[C@@H]4C[C@@H](CN5CCCCC45)C32)c(=O)c2cc3c(cc21)OCO3. The molecule has 4 atom stereocenters. The number of rotatable bonds is 2. The fraction of sp³-hybridized carbons (Fsp3) is 0.571. The van der Waals surface area contributed by atoms with E-state index in [9.17, 15) is 9.59 Å². The number of aromatic nitrogens is 1. The normalized spacial score (nSPS) is 29.5. The maximum atomic E-state index is 14.1. The van der Waals surface area contributed by atoms with Crippen molar-refractivity contribution in [2.45, 2.75) is 64.1 Å². The average molecular weight is 476 g/mol. The molecule has 0 N–H and O–H groups in total. The Morgan fingerprint density at radius 2 is 1.97 bits per heavy atom. The molecular formula is C28H33N3O4. The molecule has 0 radical (unpaired) electrons. The van der Waals surface area contributed by atoms with E-state index in [2.05, 4.69) is 11.0 Å². The maximum Gasteiger partial charge on any atom is 0.259 e. The Kier molecular flexibility index (Phi) is 4.98. The second kappa shape index (κ2) is 8.12. The summed E-state index contributed by atoms with van der Waals surface area (Å²) >= 11 is 0. The van der Waals surface area contributed by atoms with Gasteiger partial charge in [0.15, 0.2) is 11.5 Å². The van der Waals surface area contributed by atoms with Crippen LogP contribution in [0.5, 0.6) is 11.5 Å². The van der Waals surface area contributed by atoms with Crippen LogP contribution < -0.4 is 14.9 Å². The fourth-order valence-corrected chi connectivity index (χ4v) is 7.55. The zero-order chi connectivity index (χ0) is 23.7. The minimum Gasteiger partial charge on any atom is -0.454 e. The standard InChI is InChI=1S/C28H33N3O4/c1-2-29-15-21(27(32)20-12-24-25(13-23(20)29)35-16-34-24)28(33)31-9-5-6-17-10-18-11-19(26(17)31)14-30-8-4-3-7-22(18)30/h10,12-13,15,18-19,22,26H,2-9,11,14,16H2,1H3/t18-,19+,22?,26?/m1/s1. The molecule has 2 unspecified atom stereocenters. The Labute approximate surface area is 205 Å². The number of ether oxygens (including phenoxy) is 2. The number of nitrogens with zero attached hydrogens (tertiary/aromatic N) is 3. The van der Waals surface area contributed by atoms with Crippen LogP contribution in [0.3, 0.4) is 0 Å². The van der Waals surface area contributed by atoms with E-state index in [1.54, 1.807) is 12.3 Å². The first-order valence-electron chi connectivity index (χ1n) is 13.3. The van der Waals surface area contributed by atoms with Crippen molar-refractivity contribution >= 4 is 16.8 Å². The number of fused-ring (bicyclic) bond motifs is 8. The molecule has 7 nitrogen and oxygen atoms in total. The summed E-state index contributed by atoms with van der Waals surface area (Å²) in [5.41, 5.74) is 2.28. The highest BCUT2D eigenvalue weighted by molar-refractivity contribution is 5.98. The molecule has 3 fully saturated rings. The molecule has 0 saturated carbocycles. The first-order chi connectivity index (χ1) is 17.1. The van der Waals surface area contributed by atoms with Crippen LogP contribution in [-0.2, 0) is 6.54 Å². The van der Waals surface area contributed by atoms with Gasteiger partial charge < -0.3 is 18.9 Å². The monoisotopic (exact) mass is 475 g/mol. The van der Waals surface area contributed by atoms with Crippen LogP contribution in [0.15, 0.2) is 34.8 Å². The maximum absolute atomic E-state index is 14.1. The van der Waals surface area contributed by atoms with Crippen molar-refractivity contribution < 1.29 is 14.3 Å². The zero-order valence-electron chi connectivity index (χ0n) is 20.4. The lowest BCUT2D eigenvalue weighted by Gasteiger charge is -2.54.